The van der Waals surface area contributed by atoms with Crippen LogP contribution in [0.25, 0.3) is 22.4 Å². The number of aromatic nitrogens is 2. The standard InChI is InChI=1S/C16H13N3O3/c17-16-14(10-3-5-18-6-4-10)15(19-22-16)11-1-2-12-13(9-11)21-8-7-20-12/h1-6,9H,7-8,17H2. The summed E-state index contributed by atoms with van der Waals surface area (Å²) in [4.78, 5) is 4.02. The van der Waals surface area contributed by atoms with Gasteiger partial charge in [0, 0.05) is 18.0 Å². The Kier molecular flexibility index (Phi) is 2.93. The van der Waals surface area contributed by atoms with Gasteiger partial charge in [0.15, 0.2) is 11.5 Å². The first-order valence-corrected chi connectivity index (χ1v) is 6.88. The van der Waals surface area contributed by atoms with Crippen molar-refractivity contribution >= 4 is 5.88 Å². The van der Waals surface area contributed by atoms with Crippen molar-refractivity contribution in [3.05, 3.63) is 42.7 Å². The highest BCUT2D eigenvalue weighted by Crippen LogP contribution is 2.39. The largest absolute Gasteiger partial charge is 0.486 e. The molecule has 1 aromatic carbocycles. The van der Waals surface area contributed by atoms with E-state index >= 15 is 0 Å². The maximum Gasteiger partial charge on any atom is 0.230 e. The Morgan fingerprint density at radius 2 is 1.68 bits per heavy atom. The van der Waals surface area contributed by atoms with Crippen molar-refractivity contribution < 1.29 is 14.0 Å². The van der Waals surface area contributed by atoms with Gasteiger partial charge >= 0.3 is 0 Å². The zero-order valence-electron chi connectivity index (χ0n) is 11.7. The Labute approximate surface area is 126 Å². The van der Waals surface area contributed by atoms with E-state index in [1.807, 2.05) is 30.3 Å². The van der Waals surface area contributed by atoms with Crippen molar-refractivity contribution in [3.63, 3.8) is 0 Å². The van der Waals surface area contributed by atoms with Crippen LogP contribution in [0.2, 0.25) is 0 Å². The molecule has 1 aliphatic rings. The third kappa shape index (κ3) is 2.05. The Morgan fingerprint density at radius 1 is 0.909 bits per heavy atom. The van der Waals surface area contributed by atoms with Crippen LogP contribution in [0, 0.1) is 0 Å². The first-order chi connectivity index (χ1) is 10.8. The summed E-state index contributed by atoms with van der Waals surface area (Å²) in [7, 11) is 0. The summed E-state index contributed by atoms with van der Waals surface area (Å²) in [5, 5.41) is 4.09. The number of anilines is 1. The fraction of sp³-hybridized carbons (Fsp3) is 0.125. The second kappa shape index (κ2) is 5.07. The Morgan fingerprint density at radius 3 is 2.50 bits per heavy atom. The molecule has 2 N–H and O–H groups in total. The molecule has 0 amide bonds. The average Bonchev–Trinajstić information content (AvgIpc) is 2.97. The van der Waals surface area contributed by atoms with Gasteiger partial charge in [0.05, 0.1) is 5.56 Å². The Bertz CT molecular complexity index is 815. The lowest BCUT2D eigenvalue weighted by molar-refractivity contribution is 0.171. The molecule has 0 saturated heterocycles. The molecule has 110 valence electrons. The van der Waals surface area contributed by atoms with Gasteiger partial charge in [-0.2, -0.15) is 0 Å². The number of hydrogen-bond acceptors (Lipinski definition) is 6. The lowest BCUT2D eigenvalue weighted by Gasteiger charge is -2.18. The first-order valence-electron chi connectivity index (χ1n) is 6.88. The van der Waals surface area contributed by atoms with Gasteiger partial charge in [-0.25, -0.2) is 0 Å². The van der Waals surface area contributed by atoms with Crippen LogP contribution in [0.1, 0.15) is 0 Å². The fourth-order valence-electron chi connectivity index (χ4n) is 2.49. The van der Waals surface area contributed by atoms with Gasteiger partial charge in [-0.05, 0) is 35.9 Å². The highest BCUT2D eigenvalue weighted by molar-refractivity contribution is 5.87. The lowest BCUT2D eigenvalue weighted by Crippen LogP contribution is -2.15. The van der Waals surface area contributed by atoms with Crippen LogP contribution in [0.5, 0.6) is 11.5 Å². The quantitative estimate of drug-likeness (QED) is 0.782. The van der Waals surface area contributed by atoms with E-state index in [4.69, 9.17) is 19.7 Å². The number of nitrogen functional groups attached to an aromatic ring is 1. The normalized spacial score (nSPS) is 13.1. The Balaban J connectivity index is 1.84. The van der Waals surface area contributed by atoms with Crippen molar-refractivity contribution in [1.82, 2.24) is 10.1 Å². The summed E-state index contributed by atoms with van der Waals surface area (Å²) >= 11 is 0. The molecule has 2 aromatic heterocycles. The molecule has 3 aromatic rings. The maximum absolute atomic E-state index is 5.94. The van der Waals surface area contributed by atoms with Gasteiger partial charge in [0.2, 0.25) is 5.88 Å². The average molecular weight is 295 g/mol. The summed E-state index contributed by atoms with van der Waals surface area (Å²) in [6.07, 6.45) is 3.41. The minimum absolute atomic E-state index is 0.274. The molecular weight excluding hydrogens is 282 g/mol. The number of nitrogens with zero attached hydrogens (tertiary/aromatic N) is 2. The van der Waals surface area contributed by atoms with Gasteiger partial charge in [-0.15, -0.1) is 0 Å². The molecule has 6 heteroatoms. The summed E-state index contributed by atoms with van der Waals surface area (Å²) in [6.45, 7) is 1.10. The number of benzene rings is 1. The lowest BCUT2D eigenvalue weighted by atomic mass is 10.0. The molecule has 6 nitrogen and oxygen atoms in total. The minimum atomic E-state index is 0.274. The monoisotopic (exact) mass is 295 g/mol. The molecule has 3 heterocycles. The number of rotatable bonds is 2. The SMILES string of the molecule is Nc1onc(-c2ccc3c(c2)OCCO3)c1-c1ccncc1. The van der Waals surface area contributed by atoms with Gasteiger partial charge in [-0.3, -0.25) is 4.98 Å². The van der Waals surface area contributed by atoms with E-state index in [0.717, 1.165) is 22.4 Å². The second-order valence-electron chi connectivity index (χ2n) is 4.86. The van der Waals surface area contributed by atoms with E-state index in [0.29, 0.717) is 24.7 Å². The van der Waals surface area contributed by atoms with Crippen LogP contribution >= 0.6 is 0 Å². The molecule has 0 spiro atoms. The highest BCUT2D eigenvalue weighted by Gasteiger charge is 2.20. The predicted molar refractivity (Wildman–Crippen MR) is 80.6 cm³/mol. The predicted octanol–water partition coefficient (Wildman–Crippen LogP) is 2.76. The number of nitrogens with two attached hydrogens (primary N) is 1. The van der Waals surface area contributed by atoms with Crippen LogP contribution in [0.3, 0.4) is 0 Å². The van der Waals surface area contributed by atoms with E-state index in [2.05, 4.69) is 10.1 Å². The molecule has 0 aliphatic carbocycles. The molecule has 4 rings (SSSR count). The number of hydrogen-bond donors (Lipinski definition) is 1. The van der Waals surface area contributed by atoms with E-state index in [-0.39, 0.29) is 5.88 Å². The summed E-state index contributed by atoms with van der Waals surface area (Å²) in [5.74, 6) is 1.71. The molecular formula is C16H13N3O3. The molecule has 0 unspecified atom stereocenters. The van der Waals surface area contributed by atoms with E-state index < -0.39 is 0 Å². The highest BCUT2D eigenvalue weighted by atomic mass is 16.6. The van der Waals surface area contributed by atoms with Crippen LogP contribution in [0.4, 0.5) is 5.88 Å². The molecule has 0 saturated carbocycles. The summed E-state index contributed by atoms with van der Waals surface area (Å²) in [6, 6.07) is 9.39. The number of fused-ring (bicyclic) bond motifs is 1. The molecule has 0 atom stereocenters. The molecule has 0 fully saturated rings. The van der Waals surface area contributed by atoms with Gasteiger partial charge in [0.1, 0.15) is 18.9 Å². The van der Waals surface area contributed by atoms with Crippen LogP contribution < -0.4 is 15.2 Å². The van der Waals surface area contributed by atoms with E-state index in [1.54, 1.807) is 12.4 Å². The van der Waals surface area contributed by atoms with Crippen molar-refractivity contribution in [3.8, 4) is 33.9 Å². The van der Waals surface area contributed by atoms with Crippen molar-refractivity contribution in [2.45, 2.75) is 0 Å². The van der Waals surface area contributed by atoms with Gasteiger partial charge in [-0.1, -0.05) is 5.16 Å². The molecule has 0 bridgehead atoms. The molecule has 1 aliphatic heterocycles. The first kappa shape index (κ1) is 12.7. The third-order valence-electron chi connectivity index (χ3n) is 3.50. The third-order valence-corrected chi connectivity index (χ3v) is 3.50. The molecule has 0 radical (unpaired) electrons. The van der Waals surface area contributed by atoms with Crippen molar-refractivity contribution in [2.24, 2.45) is 0 Å². The Hall–Kier alpha value is -3.02. The van der Waals surface area contributed by atoms with Crippen LogP contribution in [-0.2, 0) is 0 Å². The fourth-order valence-corrected chi connectivity index (χ4v) is 2.49. The smallest absolute Gasteiger partial charge is 0.230 e. The summed E-state index contributed by atoms with van der Waals surface area (Å²) < 4.78 is 16.3. The number of pyridine rings is 1. The maximum atomic E-state index is 5.94. The van der Waals surface area contributed by atoms with Crippen LogP contribution in [0.15, 0.2) is 47.2 Å². The van der Waals surface area contributed by atoms with Crippen molar-refractivity contribution in [1.29, 1.82) is 0 Å². The minimum Gasteiger partial charge on any atom is -0.486 e. The topological polar surface area (TPSA) is 83.4 Å². The zero-order valence-corrected chi connectivity index (χ0v) is 11.7. The van der Waals surface area contributed by atoms with Gasteiger partial charge in [0.25, 0.3) is 0 Å². The second-order valence-corrected chi connectivity index (χ2v) is 4.86. The van der Waals surface area contributed by atoms with E-state index in [1.165, 1.54) is 0 Å². The molecule has 22 heavy (non-hydrogen) atoms. The number of ether oxygens (including phenoxy) is 2. The van der Waals surface area contributed by atoms with E-state index in [9.17, 15) is 0 Å². The zero-order chi connectivity index (χ0) is 14.9. The van der Waals surface area contributed by atoms with Crippen LogP contribution in [-0.4, -0.2) is 23.4 Å². The van der Waals surface area contributed by atoms with Gasteiger partial charge < -0.3 is 19.7 Å². The van der Waals surface area contributed by atoms with Crippen molar-refractivity contribution in [2.75, 3.05) is 18.9 Å². The summed E-state index contributed by atoms with van der Waals surface area (Å²) in [5.41, 5.74) is 9.12.